The summed E-state index contributed by atoms with van der Waals surface area (Å²) in [7, 11) is 0. The van der Waals surface area contributed by atoms with Crippen LogP contribution in [0.2, 0.25) is 15.1 Å². The van der Waals surface area contributed by atoms with Crippen LogP contribution < -0.4 is 0 Å². The average molecular weight is 327 g/mol. The number of carbonyl (C=O) groups excluding carboxylic acids is 1. The number of Topliss-reactive ketones (excluding diaryl/α,β-unsaturated/α-hetero) is 1. The standard InChI is InChI=1S/C14H6Cl3NO2/c15-8-2-3-9-12(6-8)18(20)13(14(9)19)7-1-4-10(16)11(17)5-7/h1-6H. The maximum absolute atomic E-state index is 12.3. The number of fused-ring (bicyclic) bond motifs is 1. The van der Waals surface area contributed by atoms with Gasteiger partial charge < -0.3 is 5.21 Å². The third-order valence-corrected chi connectivity index (χ3v) is 4.01. The zero-order chi connectivity index (χ0) is 14.4. The predicted octanol–water partition coefficient (Wildman–Crippen LogP) is 4.47. The summed E-state index contributed by atoms with van der Waals surface area (Å²) >= 11 is 17.6. The van der Waals surface area contributed by atoms with Crippen molar-refractivity contribution >= 4 is 52.0 Å². The summed E-state index contributed by atoms with van der Waals surface area (Å²) in [5.74, 6) is -0.356. The maximum Gasteiger partial charge on any atom is 0.273 e. The van der Waals surface area contributed by atoms with Crippen molar-refractivity contribution in [3.8, 4) is 0 Å². The van der Waals surface area contributed by atoms with E-state index in [4.69, 9.17) is 34.8 Å². The zero-order valence-electron chi connectivity index (χ0n) is 9.86. The van der Waals surface area contributed by atoms with Crippen LogP contribution in [0.5, 0.6) is 0 Å². The van der Waals surface area contributed by atoms with Gasteiger partial charge in [-0.15, -0.1) is 0 Å². The summed E-state index contributed by atoms with van der Waals surface area (Å²) in [6, 6.07) is 9.20. The monoisotopic (exact) mass is 325 g/mol. The van der Waals surface area contributed by atoms with E-state index in [1.54, 1.807) is 18.2 Å². The molecule has 0 spiro atoms. The Morgan fingerprint density at radius 1 is 0.950 bits per heavy atom. The van der Waals surface area contributed by atoms with E-state index in [-0.39, 0.29) is 22.2 Å². The fraction of sp³-hybridized carbons (Fsp3) is 0. The Morgan fingerprint density at radius 2 is 1.70 bits per heavy atom. The zero-order valence-corrected chi connectivity index (χ0v) is 12.1. The van der Waals surface area contributed by atoms with E-state index in [0.717, 1.165) is 0 Å². The smallest absolute Gasteiger partial charge is 0.273 e. The van der Waals surface area contributed by atoms with Crippen molar-refractivity contribution in [3.63, 3.8) is 0 Å². The van der Waals surface area contributed by atoms with Crippen molar-refractivity contribution in [2.45, 2.75) is 0 Å². The second-order valence-corrected chi connectivity index (χ2v) is 5.51. The van der Waals surface area contributed by atoms with E-state index in [0.29, 0.717) is 25.9 Å². The van der Waals surface area contributed by atoms with Crippen LogP contribution in [0.3, 0.4) is 0 Å². The van der Waals surface area contributed by atoms with E-state index in [2.05, 4.69) is 0 Å². The number of benzene rings is 2. The highest BCUT2D eigenvalue weighted by atomic mass is 35.5. The first-order chi connectivity index (χ1) is 9.49. The average Bonchev–Trinajstić information content (AvgIpc) is 2.65. The molecule has 0 aromatic heterocycles. The van der Waals surface area contributed by atoms with Gasteiger partial charge in [0.2, 0.25) is 5.69 Å². The summed E-state index contributed by atoms with van der Waals surface area (Å²) in [5, 5.41) is 13.3. The van der Waals surface area contributed by atoms with Crippen LogP contribution in [0.15, 0.2) is 36.4 Å². The lowest BCUT2D eigenvalue weighted by atomic mass is 10.0. The minimum atomic E-state index is -0.356. The fourth-order valence-corrected chi connectivity index (χ4v) is 2.56. The Morgan fingerprint density at radius 3 is 2.40 bits per heavy atom. The summed E-state index contributed by atoms with van der Waals surface area (Å²) < 4.78 is 0.573. The molecule has 2 aromatic rings. The molecule has 20 heavy (non-hydrogen) atoms. The number of carbonyl (C=O) groups is 1. The molecule has 0 aliphatic carbocycles. The number of ketones is 1. The molecule has 1 aliphatic heterocycles. The van der Waals surface area contributed by atoms with Gasteiger partial charge in [0, 0.05) is 11.1 Å². The topological polar surface area (TPSA) is 43.1 Å². The molecule has 0 bridgehead atoms. The van der Waals surface area contributed by atoms with Crippen molar-refractivity contribution in [2.75, 3.05) is 0 Å². The largest absolute Gasteiger partial charge is 0.618 e. The molecule has 100 valence electrons. The van der Waals surface area contributed by atoms with Crippen LogP contribution in [-0.4, -0.2) is 16.2 Å². The Hall–Kier alpha value is -1.55. The molecule has 3 nitrogen and oxygen atoms in total. The van der Waals surface area contributed by atoms with Gasteiger partial charge >= 0.3 is 0 Å². The van der Waals surface area contributed by atoms with Gasteiger partial charge in [0.15, 0.2) is 0 Å². The molecule has 0 fully saturated rings. The minimum absolute atomic E-state index is 0.0147. The Balaban J connectivity index is 2.20. The van der Waals surface area contributed by atoms with Gasteiger partial charge in [-0.25, -0.2) is 0 Å². The molecule has 1 heterocycles. The normalized spacial score (nSPS) is 13.8. The molecule has 0 radical (unpaired) electrons. The number of hydrogen-bond donors (Lipinski definition) is 0. The molecule has 0 atom stereocenters. The van der Waals surface area contributed by atoms with Crippen molar-refractivity contribution in [2.24, 2.45) is 0 Å². The van der Waals surface area contributed by atoms with Crippen LogP contribution in [0, 0.1) is 5.21 Å². The van der Waals surface area contributed by atoms with E-state index >= 15 is 0 Å². The summed E-state index contributed by atoms with van der Waals surface area (Å²) in [4.78, 5) is 12.3. The third-order valence-electron chi connectivity index (χ3n) is 3.03. The molecule has 0 unspecified atom stereocenters. The van der Waals surface area contributed by atoms with Crippen molar-refractivity contribution in [1.82, 2.24) is 0 Å². The van der Waals surface area contributed by atoms with Crippen molar-refractivity contribution in [3.05, 3.63) is 67.8 Å². The molecule has 0 saturated heterocycles. The lowest BCUT2D eigenvalue weighted by molar-refractivity contribution is -0.355. The molecule has 6 heteroatoms. The number of rotatable bonds is 1. The third kappa shape index (κ3) is 1.99. The van der Waals surface area contributed by atoms with E-state index in [9.17, 15) is 10.0 Å². The first-order valence-electron chi connectivity index (χ1n) is 5.63. The maximum atomic E-state index is 12.3. The molecule has 2 aromatic carbocycles. The quantitative estimate of drug-likeness (QED) is 0.573. The molecule has 1 aliphatic rings. The molecule has 0 amide bonds. The second kappa shape index (κ2) is 4.77. The predicted molar refractivity (Wildman–Crippen MR) is 79.6 cm³/mol. The number of nitrogens with zero attached hydrogens (tertiary/aromatic N) is 1. The summed E-state index contributed by atoms with van der Waals surface area (Å²) in [6.45, 7) is 0. The Kier molecular flexibility index (Phi) is 3.21. The van der Waals surface area contributed by atoms with Gasteiger partial charge in [0.1, 0.15) is 5.56 Å². The molecule has 0 saturated carbocycles. The van der Waals surface area contributed by atoms with Gasteiger partial charge in [-0.2, -0.15) is 4.74 Å². The van der Waals surface area contributed by atoms with Gasteiger partial charge in [-0.3, -0.25) is 4.79 Å². The Labute approximate surface area is 129 Å². The van der Waals surface area contributed by atoms with Crippen molar-refractivity contribution in [1.29, 1.82) is 0 Å². The minimum Gasteiger partial charge on any atom is -0.618 e. The molecule has 0 N–H and O–H groups in total. The first-order valence-corrected chi connectivity index (χ1v) is 6.76. The highest BCUT2D eigenvalue weighted by Gasteiger charge is 2.36. The summed E-state index contributed by atoms with van der Waals surface area (Å²) in [6.07, 6.45) is 0. The SMILES string of the molecule is O=C1C(c2ccc(Cl)c(Cl)c2)=[N+]([O-])c2cc(Cl)ccc21. The first kappa shape index (κ1) is 13.4. The summed E-state index contributed by atoms with van der Waals surface area (Å²) in [5.41, 5.74) is 1.00. The highest BCUT2D eigenvalue weighted by molar-refractivity contribution is 6.52. The highest BCUT2D eigenvalue weighted by Crippen LogP contribution is 2.32. The second-order valence-electron chi connectivity index (χ2n) is 4.26. The van der Waals surface area contributed by atoms with Crippen LogP contribution in [0.25, 0.3) is 0 Å². The lowest BCUT2D eigenvalue weighted by Crippen LogP contribution is -2.16. The fourth-order valence-electron chi connectivity index (χ4n) is 2.10. The van der Waals surface area contributed by atoms with E-state index < -0.39 is 0 Å². The molecule has 3 rings (SSSR count). The van der Waals surface area contributed by atoms with Crippen LogP contribution in [-0.2, 0) is 0 Å². The van der Waals surface area contributed by atoms with Gasteiger partial charge in [0.25, 0.3) is 11.5 Å². The van der Waals surface area contributed by atoms with Gasteiger partial charge in [-0.1, -0.05) is 34.8 Å². The van der Waals surface area contributed by atoms with E-state index in [1.165, 1.54) is 18.2 Å². The van der Waals surface area contributed by atoms with Crippen LogP contribution in [0.4, 0.5) is 5.69 Å². The van der Waals surface area contributed by atoms with Crippen LogP contribution >= 0.6 is 34.8 Å². The Bertz CT molecular complexity index is 784. The molecular weight excluding hydrogens is 321 g/mol. The van der Waals surface area contributed by atoms with Gasteiger partial charge in [-0.05, 0) is 30.3 Å². The number of halogens is 3. The van der Waals surface area contributed by atoms with Gasteiger partial charge in [0.05, 0.1) is 15.6 Å². The lowest BCUT2D eigenvalue weighted by Gasteiger charge is -2.03. The van der Waals surface area contributed by atoms with Crippen LogP contribution in [0.1, 0.15) is 15.9 Å². The van der Waals surface area contributed by atoms with E-state index in [1.807, 2.05) is 0 Å². The van der Waals surface area contributed by atoms with Crippen molar-refractivity contribution < 1.29 is 9.53 Å². The number of hydrogen-bond acceptors (Lipinski definition) is 2. The molecular formula is C14H6Cl3NO2.